The number of allylic oxidation sites excluding steroid dienone is 1. The lowest BCUT2D eigenvalue weighted by atomic mass is 10.0. The quantitative estimate of drug-likeness (QED) is 0.679. The van der Waals surface area contributed by atoms with Gasteiger partial charge >= 0.3 is 0 Å². The van der Waals surface area contributed by atoms with Crippen LogP contribution in [0.25, 0.3) is 6.08 Å². The number of benzene rings is 2. The van der Waals surface area contributed by atoms with Crippen molar-refractivity contribution >= 4 is 23.2 Å². The molecule has 0 radical (unpaired) electrons. The Balaban J connectivity index is 0.00000225. The minimum atomic E-state index is -0.242. The highest BCUT2D eigenvalue weighted by molar-refractivity contribution is 5.95. The molecule has 1 aliphatic heterocycles. The van der Waals surface area contributed by atoms with E-state index in [2.05, 4.69) is 80.3 Å². The van der Waals surface area contributed by atoms with E-state index in [4.69, 9.17) is 4.74 Å². The van der Waals surface area contributed by atoms with Crippen molar-refractivity contribution in [3.05, 3.63) is 60.2 Å². The summed E-state index contributed by atoms with van der Waals surface area (Å²) in [4.78, 5) is 5.61. The van der Waals surface area contributed by atoms with E-state index in [9.17, 15) is 0 Å². The van der Waals surface area contributed by atoms with Gasteiger partial charge in [0.1, 0.15) is 5.60 Å². The van der Waals surface area contributed by atoms with Crippen molar-refractivity contribution in [2.75, 3.05) is 19.0 Å². The van der Waals surface area contributed by atoms with Crippen LogP contribution < -0.4 is 38.6 Å². The molecule has 0 saturated heterocycles. The molecule has 0 spiro atoms. The lowest BCUT2D eigenvalue weighted by Crippen LogP contribution is -3.00. The van der Waals surface area contributed by atoms with Crippen LogP contribution in [0, 0.1) is 0 Å². The highest BCUT2D eigenvalue weighted by Crippen LogP contribution is 2.27. The summed E-state index contributed by atoms with van der Waals surface area (Å²) in [5.74, 6) is 0.904. The first-order valence-corrected chi connectivity index (χ1v) is 8.29. The standard InChI is InChI=1S/C21H24N2O.HI/c1-21(2)15-17(22-19-7-5-6-8-20(19)24-21)12-9-16-10-13-18(14-11-16)23(3)4;/h5-14H,15H2,1-4H3;1H/b12-9+;. The third kappa shape index (κ3) is 5.08. The van der Waals surface area contributed by atoms with Crippen LogP contribution in [0.5, 0.6) is 5.75 Å². The molecule has 0 saturated carbocycles. The number of nitrogens with one attached hydrogen (secondary N) is 1. The van der Waals surface area contributed by atoms with Gasteiger partial charge in [-0.2, -0.15) is 0 Å². The van der Waals surface area contributed by atoms with Crippen molar-refractivity contribution in [3.8, 4) is 5.75 Å². The van der Waals surface area contributed by atoms with Gasteiger partial charge in [0.2, 0.25) is 5.69 Å². The second kappa shape index (κ2) is 8.04. The Labute approximate surface area is 167 Å². The lowest BCUT2D eigenvalue weighted by Gasteiger charge is -2.22. The number of ether oxygens (including phenoxy) is 1. The highest BCUT2D eigenvalue weighted by atomic mass is 127. The summed E-state index contributed by atoms with van der Waals surface area (Å²) in [6.45, 7) is 4.24. The number of anilines is 1. The fraction of sp³-hybridized carbons (Fsp3) is 0.286. The molecule has 3 rings (SSSR count). The summed E-state index contributed by atoms with van der Waals surface area (Å²) in [6.07, 6.45) is 5.12. The maximum atomic E-state index is 6.15. The van der Waals surface area contributed by atoms with Crippen molar-refractivity contribution < 1.29 is 33.7 Å². The summed E-state index contributed by atoms with van der Waals surface area (Å²) < 4.78 is 6.15. The molecule has 2 aromatic rings. The minimum Gasteiger partial charge on any atom is -1.00 e. The van der Waals surface area contributed by atoms with Gasteiger partial charge in [0.15, 0.2) is 11.5 Å². The molecular formula is C21H25IN2O. The SMILES string of the molecule is CN(C)c1ccc(/C=C/C2=[NH+]c3ccccc3OC(C)(C)C2)cc1.[I-]. The largest absolute Gasteiger partial charge is 1.00 e. The molecular weight excluding hydrogens is 423 g/mol. The Hall–Kier alpha value is -1.82. The molecule has 4 heteroatoms. The number of para-hydroxylation sites is 2. The second-order valence-electron chi connectivity index (χ2n) is 7.00. The molecule has 0 aliphatic carbocycles. The molecule has 132 valence electrons. The predicted octanol–water partition coefficient (Wildman–Crippen LogP) is 0.184. The van der Waals surface area contributed by atoms with Crippen molar-refractivity contribution in [1.82, 2.24) is 0 Å². The summed E-state index contributed by atoms with van der Waals surface area (Å²) in [5.41, 5.74) is 4.32. The number of hydrogen-bond acceptors (Lipinski definition) is 2. The molecule has 0 fully saturated rings. The zero-order valence-electron chi connectivity index (χ0n) is 15.2. The van der Waals surface area contributed by atoms with Gasteiger partial charge in [0, 0.05) is 31.9 Å². The van der Waals surface area contributed by atoms with Gasteiger partial charge in [-0.15, -0.1) is 0 Å². The summed E-state index contributed by atoms with van der Waals surface area (Å²) in [6, 6.07) is 16.6. The molecule has 0 amide bonds. The molecule has 1 N–H and O–H groups in total. The molecule has 1 aliphatic rings. The second-order valence-corrected chi connectivity index (χ2v) is 7.00. The van der Waals surface area contributed by atoms with E-state index in [1.54, 1.807) is 0 Å². The average Bonchev–Trinajstić information content (AvgIpc) is 2.67. The smallest absolute Gasteiger partial charge is 0.246 e. The normalized spacial score (nSPS) is 15.4. The number of halogens is 1. The fourth-order valence-corrected chi connectivity index (χ4v) is 2.85. The zero-order chi connectivity index (χ0) is 17.2. The maximum Gasteiger partial charge on any atom is 0.246 e. The van der Waals surface area contributed by atoms with Crippen LogP contribution in [0.4, 0.5) is 11.4 Å². The Kier molecular flexibility index (Phi) is 6.27. The van der Waals surface area contributed by atoms with Crippen LogP contribution in [0.1, 0.15) is 25.8 Å². The van der Waals surface area contributed by atoms with Gasteiger partial charge in [-0.1, -0.05) is 24.3 Å². The van der Waals surface area contributed by atoms with E-state index in [-0.39, 0.29) is 29.6 Å². The minimum absolute atomic E-state index is 0. The van der Waals surface area contributed by atoms with Gasteiger partial charge in [0.05, 0.1) is 6.42 Å². The number of fused-ring (bicyclic) bond motifs is 1. The molecule has 2 aromatic carbocycles. The van der Waals surface area contributed by atoms with Gasteiger partial charge in [0.25, 0.3) is 0 Å². The van der Waals surface area contributed by atoms with Gasteiger partial charge < -0.3 is 33.6 Å². The molecule has 1 heterocycles. The van der Waals surface area contributed by atoms with Crippen LogP contribution in [0.15, 0.2) is 54.6 Å². The number of rotatable bonds is 3. The zero-order valence-corrected chi connectivity index (χ0v) is 17.4. The molecule has 25 heavy (non-hydrogen) atoms. The van der Waals surface area contributed by atoms with E-state index < -0.39 is 0 Å². The predicted molar refractivity (Wildman–Crippen MR) is 101 cm³/mol. The third-order valence-corrected chi connectivity index (χ3v) is 4.07. The van der Waals surface area contributed by atoms with Gasteiger partial charge in [-0.3, -0.25) is 0 Å². The van der Waals surface area contributed by atoms with E-state index in [0.29, 0.717) is 0 Å². The topological polar surface area (TPSA) is 26.4 Å². The number of hydrogen-bond donors (Lipinski definition) is 1. The van der Waals surface area contributed by atoms with Crippen LogP contribution in [-0.2, 0) is 0 Å². The number of nitrogens with zero attached hydrogens (tertiary/aromatic N) is 1. The first-order valence-electron chi connectivity index (χ1n) is 8.29. The Bertz CT molecular complexity index is 777. The third-order valence-electron chi connectivity index (χ3n) is 4.07. The highest BCUT2D eigenvalue weighted by Gasteiger charge is 2.29. The van der Waals surface area contributed by atoms with E-state index in [1.807, 2.05) is 18.2 Å². The monoisotopic (exact) mass is 448 g/mol. The Morgan fingerprint density at radius 2 is 1.68 bits per heavy atom. The average molecular weight is 448 g/mol. The van der Waals surface area contributed by atoms with Gasteiger partial charge in [-0.05, 0) is 43.7 Å². The van der Waals surface area contributed by atoms with E-state index in [0.717, 1.165) is 23.6 Å². The van der Waals surface area contributed by atoms with Crippen molar-refractivity contribution in [2.45, 2.75) is 25.9 Å². The van der Waals surface area contributed by atoms with Crippen molar-refractivity contribution in [3.63, 3.8) is 0 Å². The summed E-state index contributed by atoms with van der Waals surface area (Å²) in [5, 5.41) is 0. The Morgan fingerprint density at radius 1 is 1.00 bits per heavy atom. The first-order chi connectivity index (χ1) is 11.4. The molecule has 0 aromatic heterocycles. The Morgan fingerprint density at radius 3 is 2.36 bits per heavy atom. The van der Waals surface area contributed by atoms with E-state index >= 15 is 0 Å². The van der Waals surface area contributed by atoms with Crippen LogP contribution >= 0.6 is 0 Å². The van der Waals surface area contributed by atoms with Crippen molar-refractivity contribution in [2.24, 2.45) is 0 Å². The fourth-order valence-electron chi connectivity index (χ4n) is 2.85. The van der Waals surface area contributed by atoms with Gasteiger partial charge in [-0.25, -0.2) is 4.99 Å². The van der Waals surface area contributed by atoms with Crippen LogP contribution in [0.2, 0.25) is 0 Å². The molecule has 0 atom stereocenters. The molecule has 0 bridgehead atoms. The van der Waals surface area contributed by atoms with Crippen LogP contribution in [0.3, 0.4) is 0 Å². The van der Waals surface area contributed by atoms with E-state index in [1.165, 1.54) is 11.3 Å². The van der Waals surface area contributed by atoms with Crippen molar-refractivity contribution in [1.29, 1.82) is 0 Å². The van der Waals surface area contributed by atoms with Crippen LogP contribution in [-0.4, -0.2) is 25.4 Å². The molecule has 0 unspecified atom stereocenters. The maximum absolute atomic E-state index is 6.15. The molecule has 3 nitrogen and oxygen atoms in total. The lowest BCUT2D eigenvalue weighted by molar-refractivity contribution is -0.353. The first kappa shape index (κ1) is 19.5. The summed E-state index contributed by atoms with van der Waals surface area (Å²) >= 11 is 0. The summed E-state index contributed by atoms with van der Waals surface area (Å²) in [7, 11) is 4.10.